The summed E-state index contributed by atoms with van der Waals surface area (Å²) in [6.45, 7) is 14.7. The second-order valence-electron chi connectivity index (χ2n) is 7.95. The summed E-state index contributed by atoms with van der Waals surface area (Å²) >= 11 is 0. The molecule has 0 amide bonds. The summed E-state index contributed by atoms with van der Waals surface area (Å²) in [5.41, 5.74) is 2.98. The molecule has 0 atom stereocenters. The largest absolute Gasteiger partial charge is 0.507 e. The van der Waals surface area contributed by atoms with Crippen LogP contribution in [-0.4, -0.2) is 31.5 Å². The van der Waals surface area contributed by atoms with E-state index >= 15 is 0 Å². The molecule has 0 aliphatic heterocycles. The van der Waals surface area contributed by atoms with Gasteiger partial charge in [0.1, 0.15) is 5.75 Å². The summed E-state index contributed by atoms with van der Waals surface area (Å²) < 4.78 is 0. The third-order valence-corrected chi connectivity index (χ3v) is 3.76. The highest BCUT2D eigenvalue weighted by atomic mass is 16.3. The van der Waals surface area contributed by atoms with Crippen molar-refractivity contribution in [2.24, 2.45) is 4.99 Å². The Morgan fingerprint density at radius 2 is 1.73 bits per heavy atom. The number of aliphatic imine (C=N–C) groups is 1. The van der Waals surface area contributed by atoms with Gasteiger partial charge in [0.05, 0.1) is 0 Å². The summed E-state index contributed by atoms with van der Waals surface area (Å²) in [6.07, 6.45) is 2.81. The summed E-state index contributed by atoms with van der Waals surface area (Å²) in [4.78, 5) is 4.46. The highest BCUT2D eigenvalue weighted by molar-refractivity contribution is 5.85. The molecule has 0 saturated heterocycles. The van der Waals surface area contributed by atoms with Crippen LogP contribution < -0.4 is 5.32 Å². The molecule has 0 spiro atoms. The van der Waals surface area contributed by atoms with E-state index in [4.69, 9.17) is 0 Å². The fraction of sp³-hybridized carbons (Fsp3) is 0.632. The van der Waals surface area contributed by atoms with Crippen LogP contribution in [-0.2, 0) is 10.8 Å². The minimum absolute atomic E-state index is 0.0441. The van der Waals surface area contributed by atoms with Crippen molar-refractivity contribution in [3.8, 4) is 5.75 Å². The van der Waals surface area contributed by atoms with Crippen LogP contribution >= 0.6 is 0 Å². The Morgan fingerprint density at radius 3 is 2.23 bits per heavy atom. The molecule has 3 nitrogen and oxygen atoms in total. The molecule has 0 aromatic heterocycles. The lowest BCUT2D eigenvalue weighted by atomic mass is 9.79. The SMILES string of the molecule is CNCCCN=Cc1cc(C(C)(C)C)cc(C(C)(C)C)c1O. The van der Waals surface area contributed by atoms with Crippen molar-refractivity contribution in [3.05, 3.63) is 28.8 Å². The van der Waals surface area contributed by atoms with Gasteiger partial charge < -0.3 is 10.4 Å². The normalized spacial score (nSPS) is 13.0. The minimum atomic E-state index is -0.0972. The van der Waals surface area contributed by atoms with Crippen LogP contribution in [0.3, 0.4) is 0 Å². The zero-order valence-electron chi connectivity index (χ0n) is 15.2. The van der Waals surface area contributed by atoms with E-state index in [-0.39, 0.29) is 10.8 Å². The highest BCUT2D eigenvalue weighted by Gasteiger charge is 2.24. The Kier molecular flexibility index (Phi) is 6.18. The summed E-state index contributed by atoms with van der Waals surface area (Å²) in [7, 11) is 1.94. The van der Waals surface area contributed by atoms with Crippen molar-refractivity contribution in [1.29, 1.82) is 0 Å². The van der Waals surface area contributed by atoms with E-state index in [1.165, 1.54) is 5.56 Å². The lowest BCUT2D eigenvalue weighted by molar-refractivity contribution is 0.444. The Morgan fingerprint density at radius 1 is 1.09 bits per heavy atom. The Hall–Kier alpha value is -1.35. The van der Waals surface area contributed by atoms with E-state index in [1.54, 1.807) is 0 Å². The Labute approximate surface area is 135 Å². The van der Waals surface area contributed by atoms with Gasteiger partial charge in [0, 0.05) is 23.9 Å². The average molecular weight is 304 g/mol. The fourth-order valence-corrected chi connectivity index (χ4v) is 2.27. The van der Waals surface area contributed by atoms with Crippen LogP contribution in [0.5, 0.6) is 5.75 Å². The molecule has 2 N–H and O–H groups in total. The topological polar surface area (TPSA) is 44.6 Å². The third kappa shape index (κ3) is 5.13. The first-order valence-electron chi connectivity index (χ1n) is 8.09. The first-order chi connectivity index (χ1) is 10.1. The van der Waals surface area contributed by atoms with Crippen LogP contribution in [0.15, 0.2) is 17.1 Å². The quantitative estimate of drug-likeness (QED) is 0.637. The van der Waals surface area contributed by atoms with Gasteiger partial charge in [-0.1, -0.05) is 47.6 Å². The highest BCUT2D eigenvalue weighted by Crippen LogP contribution is 2.37. The second-order valence-corrected chi connectivity index (χ2v) is 7.95. The molecule has 0 radical (unpaired) electrons. The second kappa shape index (κ2) is 7.28. The van der Waals surface area contributed by atoms with Gasteiger partial charge in [0.25, 0.3) is 0 Å². The first kappa shape index (κ1) is 18.7. The van der Waals surface area contributed by atoms with Crippen molar-refractivity contribution in [2.45, 2.75) is 58.8 Å². The van der Waals surface area contributed by atoms with Crippen molar-refractivity contribution in [3.63, 3.8) is 0 Å². The smallest absolute Gasteiger partial charge is 0.128 e. The van der Waals surface area contributed by atoms with E-state index < -0.39 is 0 Å². The molecule has 1 rings (SSSR count). The first-order valence-corrected chi connectivity index (χ1v) is 8.09. The molecular formula is C19H32N2O. The predicted molar refractivity (Wildman–Crippen MR) is 96.5 cm³/mol. The van der Waals surface area contributed by atoms with E-state index in [9.17, 15) is 5.11 Å². The molecular weight excluding hydrogens is 272 g/mol. The molecule has 0 heterocycles. The van der Waals surface area contributed by atoms with Crippen molar-refractivity contribution >= 4 is 6.21 Å². The van der Waals surface area contributed by atoms with E-state index in [2.05, 4.69) is 64.0 Å². The van der Waals surface area contributed by atoms with Crippen molar-refractivity contribution in [1.82, 2.24) is 5.32 Å². The lowest BCUT2D eigenvalue weighted by Gasteiger charge is -2.27. The molecule has 0 aliphatic carbocycles. The fourth-order valence-electron chi connectivity index (χ4n) is 2.27. The van der Waals surface area contributed by atoms with Crippen LogP contribution in [0.1, 0.15) is 64.7 Å². The van der Waals surface area contributed by atoms with Gasteiger partial charge >= 0.3 is 0 Å². The maximum absolute atomic E-state index is 10.6. The molecule has 124 valence electrons. The van der Waals surface area contributed by atoms with Gasteiger partial charge in [-0.2, -0.15) is 0 Å². The molecule has 0 saturated carbocycles. The Balaban J connectivity index is 3.20. The molecule has 3 heteroatoms. The number of benzene rings is 1. The summed E-state index contributed by atoms with van der Waals surface area (Å²) in [5, 5.41) is 13.7. The summed E-state index contributed by atoms with van der Waals surface area (Å²) in [6, 6.07) is 4.19. The van der Waals surface area contributed by atoms with Gasteiger partial charge in [-0.3, -0.25) is 4.99 Å². The van der Waals surface area contributed by atoms with Gasteiger partial charge in [0.2, 0.25) is 0 Å². The minimum Gasteiger partial charge on any atom is -0.507 e. The van der Waals surface area contributed by atoms with Crippen LogP contribution in [0.4, 0.5) is 0 Å². The zero-order valence-corrected chi connectivity index (χ0v) is 15.2. The number of phenolic OH excluding ortho intramolecular Hbond substituents is 1. The number of nitrogens with one attached hydrogen (secondary N) is 1. The van der Waals surface area contributed by atoms with Gasteiger partial charge in [-0.05, 0) is 42.5 Å². The van der Waals surface area contributed by atoms with Crippen molar-refractivity contribution < 1.29 is 5.11 Å². The van der Waals surface area contributed by atoms with Crippen molar-refractivity contribution in [2.75, 3.05) is 20.1 Å². The van der Waals surface area contributed by atoms with Crippen LogP contribution in [0.2, 0.25) is 0 Å². The molecule has 0 bridgehead atoms. The van der Waals surface area contributed by atoms with E-state index in [1.807, 2.05) is 13.3 Å². The molecule has 1 aromatic rings. The maximum atomic E-state index is 10.6. The number of phenols is 1. The number of hydrogen-bond donors (Lipinski definition) is 2. The lowest BCUT2D eigenvalue weighted by Crippen LogP contribution is -2.17. The van der Waals surface area contributed by atoms with Crippen LogP contribution in [0.25, 0.3) is 0 Å². The van der Waals surface area contributed by atoms with Gasteiger partial charge in [0.15, 0.2) is 0 Å². The van der Waals surface area contributed by atoms with E-state index in [0.29, 0.717) is 5.75 Å². The number of hydrogen-bond acceptors (Lipinski definition) is 3. The zero-order chi connectivity index (χ0) is 17.0. The molecule has 1 aromatic carbocycles. The third-order valence-electron chi connectivity index (χ3n) is 3.76. The average Bonchev–Trinajstić information content (AvgIpc) is 2.37. The van der Waals surface area contributed by atoms with Gasteiger partial charge in [-0.25, -0.2) is 0 Å². The number of nitrogens with zero attached hydrogens (tertiary/aromatic N) is 1. The summed E-state index contributed by atoms with van der Waals surface area (Å²) in [5.74, 6) is 0.359. The molecule has 0 fully saturated rings. The monoisotopic (exact) mass is 304 g/mol. The van der Waals surface area contributed by atoms with Gasteiger partial charge in [-0.15, -0.1) is 0 Å². The molecule has 22 heavy (non-hydrogen) atoms. The standard InChI is InChI=1S/C19H32N2O/c1-18(2,3)15-11-14(13-21-10-8-9-20-7)17(22)16(12-15)19(4,5)6/h11-13,20,22H,8-10H2,1-7H3. The number of aromatic hydroxyl groups is 1. The number of rotatable bonds is 5. The predicted octanol–water partition coefficient (Wildman–Crippen LogP) is 4.02. The molecule has 0 aliphatic rings. The Bertz CT molecular complexity index is 519. The van der Waals surface area contributed by atoms with Crippen LogP contribution in [0, 0.1) is 0 Å². The molecule has 0 unspecified atom stereocenters. The maximum Gasteiger partial charge on any atom is 0.128 e. The van der Waals surface area contributed by atoms with E-state index in [0.717, 1.165) is 30.6 Å².